The van der Waals surface area contributed by atoms with E-state index in [1.807, 2.05) is 6.92 Å². The van der Waals surface area contributed by atoms with Crippen molar-refractivity contribution in [3.8, 4) is 28.4 Å². The van der Waals surface area contributed by atoms with E-state index < -0.39 is 0 Å². The maximum atomic E-state index is 9.62. The van der Waals surface area contributed by atoms with Gasteiger partial charge in [0.25, 0.3) is 0 Å². The van der Waals surface area contributed by atoms with Gasteiger partial charge in [0.05, 0.1) is 0 Å². The Kier molecular flexibility index (Phi) is 2.68. The smallest absolute Gasteiger partial charge is 0.160 e. The van der Waals surface area contributed by atoms with Crippen LogP contribution in [-0.4, -0.2) is 15.3 Å². The minimum atomic E-state index is -0.129. The molecule has 17 heavy (non-hydrogen) atoms. The van der Waals surface area contributed by atoms with Crippen LogP contribution in [0.2, 0.25) is 0 Å². The Morgan fingerprint density at radius 2 is 1.41 bits per heavy atom. The summed E-state index contributed by atoms with van der Waals surface area (Å²) in [6.07, 6.45) is 0. The maximum absolute atomic E-state index is 9.62. The Hall–Kier alpha value is -2.16. The highest BCUT2D eigenvalue weighted by molar-refractivity contribution is 5.73. The van der Waals surface area contributed by atoms with Gasteiger partial charge < -0.3 is 15.3 Å². The highest BCUT2D eigenvalue weighted by Gasteiger charge is 2.12. The zero-order chi connectivity index (χ0) is 12.6. The van der Waals surface area contributed by atoms with Crippen LogP contribution in [0.3, 0.4) is 0 Å². The molecule has 88 valence electrons. The third kappa shape index (κ3) is 1.91. The Morgan fingerprint density at radius 1 is 0.824 bits per heavy atom. The Balaban J connectivity index is 2.64. The van der Waals surface area contributed by atoms with Gasteiger partial charge in [0.2, 0.25) is 0 Å². The fourth-order valence-electron chi connectivity index (χ4n) is 1.83. The molecule has 3 N–H and O–H groups in total. The molecule has 0 aliphatic carbocycles. The first-order chi connectivity index (χ1) is 8.00. The lowest BCUT2D eigenvalue weighted by molar-refractivity contribution is 0.401. The van der Waals surface area contributed by atoms with Crippen molar-refractivity contribution in [1.29, 1.82) is 0 Å². The van der Waals surface area contributed by atoms with E-state index in [1.54, 1.807) is 31.2 Å². The summed E-state index contributed by atoms with van der Waals surface area (Å²) >= 11 is 0. The summed E-state index contributed by atoms with van der Waals surface area (Å²) in [5.41, 5.74) is 3.30. The third-order valence-corrected chi connectivity index (χ3v) is 3.02. The van der Waals surface area contributed by atoms with Gasteiger partial charge in [-0.2, -0.15) is 0 Å². The zero-order valence-corrected chi connectivity index (χ0v) is 9.73. The number of benzene rings is 2. The standard InChI is InChI=1S/C14H14O3/c1-8-9(2)14(17)13(16)7-12(8)10-3-5-11(15)6-4-10/h3-7,15-17H,1-2H3. The van der Waals surface area contributed by atoms with Crippen LogP contribution in [0.1, 0.15) is 11.1 Å². The van der Waals surface area contributed by atoms with Crippen LogP contribution < -0.4 is 0 Å². The molecule has 0 aliphatic heterocycles. The molecule has 3 nitrogen and oxygen atoms in total. The van der Waals surface area contributed by atoms with Crippen LogP contribution in [0.4, 0.5) is 0 Å². The van der Waals surface area contributed by atoms with Crippen molar-refractivity contribution >= 4 is 0 Å². The first kappa shape index (κ1) is 11.3. The van der Waals surface area contributed by atoms with Crippen LogP contribution in [0, 0.1) is 13.8 Å². The van der Waals surface area contributed by atoms with Crippen molar-refractivity contribution < 1.29 is 15.3 Å². The molecule has 2 rings (SSSR count). The topological polar surface area (TPSA) is 60.7 Å². The van der Waals surface area contributed by atoms with Gasteiger partial charge >= 0.3 is 0 Å². The first-order valence-corrected chi connectivity index (χ1v) is 5.32. The van der Waals surface area contributed by atoms with E-state index in [0.29, 0.717) is 5.56 Å². The molecule has 3 heteroatoms. The molecule has 0 heterocycles. The SMILES string of the molecule is Cc1c(-c2ccc(O)cc2)cc(O)c(O)c1C. The van der Waals surface area contributed by atoms with Crippen LogP contribution in [-0.2, 0) is 0 Å². The predicted octanol–water partition coefficient (Wildman–Crippen LogP) is 3.09. The van der Waals surface area contributed by atoms with Crippen molar-refractivity contribution in [2.45, 2.75) is 13.8 Å². The number of rotatable bonds is 1. The average molecular weight is 230 g/mol. The molecular formula is C14H14O3. The fourth-order valence-corrected chi connectivity index (χ4v) is 1.83. The van der Waals surface area contributed by atoms with Crippen molar-refractivity contribution in [1.82, 2.24) is 0 Å². The predicted molar refractivity (Wildman–Crippen MR) is 66.3 cm³/mol. The normalized spacial score (nSPS) is 10.5. The van der Waals surface area contributed by atoms with E-state index in [1.165, 1.54) is 6.07 Å². The van der Waals surface area contributed by atoms with Crippen molar-refractivity contribution in [2.75, 3.05) is 0 Å². The summed E-state index contributed by atoms with van der Waals surface area (Å²) in [4.78, 5) is 0. The number of hydrogen-bond acceptors (Lipinski definition) is 3. The Morgan fingerprint density at radius 3 is 2.00 bits per heavy atom. The minimum Gasteiger partial charge on any atom is -0.508 e. The second-order valence-electron chi connectivity index (χ2n) is 4.09. The Bertz CT molecular complexity index is 557. The number of aromatic hydroxyl groups is 3. The zero-order valence-electron chi connectivity index (χ0n) is 9.73. The maximum Gasteiger partial charge on any atom is 0.160 e. The lowest BCUT2D eigenvalue weighted by Crippen LogP contribution is -1.88. The summed E-state index contributed by atoms with van der Waals surface area (Å²) in [5.74, 6) is -0.00710. The van der Waals surface area contributed by atoms with Crippen molar-refractivity contribution in [2.24, 2.45) is 0 Å². The Labute approximate surface area is 99.6 Å². The van der Waals surface area contributed by atoms with Gasteiger partial charge in [-0.25, -0.2) is 0 Å². The quantitative estimate of drug-likeness (QED) is 0.660. The second-order valence-corrected chi connectivity index (χ2v) is 4.09. The van der Waals surface area contributed by atoms with Gasteiger partial charge in [-0.05, 0) is 54.3 Å². The molecule has 2 aromatic rings. The van der Waals surface area contributed by atoms with E-state index in [0.717, 1.165) is 16.7 Å². The number of hydrogen-bond donors (Lipinski definition) is 3. The molecule has 0 spiro atoms. The van der Waals surface area contributed by atoms with Gasteiger partial charge in [0.1, 0.15) is 5.75 Å². The summed E-state index contributed by atoms with van der Waals surface area (Å²) in [6, 6.07) is 8.26. The molecule has 0 aromatic heterocycles. The van der Waals surface area contributed by atoms with Gasteiger partial charge in [-0.3, -0.25) is 0 Å². The highest BCUT2D eigenvalue weighted by Crippen LogP contribution is 2.37. The summed E-state index contributed by atoms with van der Waals surface area (Å²) in [5, 5.41) is 28.5. The largest absolute Gasteiger partial charge is 0.508 e. The molecule has 0 bridgehead atoms. The molecule has 0 saturated heterocycles. The van der Waals surface area contributed by atoms with Crippen LogP contribution in [0.5, 0.6) is 17.2 Å². The lowest BCUT2D eigenvalue weighted by atomic mass is 9.96. The molecule has 0 saturated carbocycles. The van der Waals surface area contributed by atoms with Crippen molar-refractivity contribution in [3.05, 3.63) is 41.5 Å². The third-order valence-electron chi connectivity index (χ3n) is 3.02. The monoisotopic (exact) mass is 230 g/mol. The summed E-state index contributed by atoms with van der Waals surface area (Å²) in [7, 11) is 0. The van der Waals surface area contributed by atoms with Crippen molar-refractivity contribution in [3.63, 3.8) is 0 Å². The van der Waals surface area contributed by atoms with Gasteiger partial charge in [0, 0.05) is 0 Å². The highest BCUT2D eigenvalue weighted by atomic mass is 16.3. The van der Waals surface area contributed by atoms with E-state index in [9.17, 15) is 15.3 Å². The van der Waals surface area contributed by atoms with Gasteiger partial charge in [-0.1, -0.05) is 12.1 Å². The molecular weight excluding hydrogens is 216 g/mol. The lowest BCUT2D eigenvalue weighted by Gasteiger charge is -2.12. The first-order valence-electron chi connectivity index (χ1n) is 5.32. The molecule has 0 aliphatic rings. The van der Waals surface area contributed by atoms with Crippen LogP contribution >= 0.6 is 0 Å². The van der Waals surface area contributed by atoms with E-state index in [2.05, 4.69) is 0 Å². The van der Waals surface area contributed by atoms with E-state index in [-0.39, 0.29) is 17.2 Å². The number of phenolic OH excluding ortho intramolecular Hbond substituents is 3. The summed E-state index contributed by atoms with van der Waals surface area (Å²) < 4.78 is 0. The summed E-state index contributed by atoms with van der Waals surface area (Å²) in [6.45, 7) is 3.64. The molecule has 0 radical (unpaired) electrons. The molecule has 0 amide bonds. The molecule has 2 aromatic carbocycles. The molecule has 0 unspecified atom stereocenters. The van der Waals surface area contributed by atoms with Gasteiger partial charge in [0.15, 0.2) is 11.5 Å². The van der Waals surface area contributed by atoms with Crippen LogP contribution in [0.15, 0.2) is 30.3 Å². The van der Waals surface area contributed by atoms with E-state index >= 15 is 0 Å². The van der Waals surface area contributed by atoms with E-state index in [4.69, 9.17) is 0 Å². The second kappa shape index (κ2) is 4.01. The molecule has 0 fully saturated rings. The average Bonchev–Trinajstić information content (AvgIpc) is 2.32. The molecule has 0 atom stereocenters. The number of phenols is 3. The van der Waals surface area contributed by atoms with Gasteiger partial charge in [-0.15, -0.1) is 0 Å². The van der Waals surface area contributed by atoms with Crippen LogP contribution in [0.25, 0.3) is 11.1 Å². The fraction of sp³-hybridized carbons (Fsp3) is 0.143. The minimum absolute atomic E-state index is 0.0787.